The molecule has 9 heavy (non-hydrogen) atoms. The minimum atomic E-state index is -0.489. The van der Waals surface area contributed by atoms with Gasteiger partial charge in [-0.25, -0.2) is 10.7 Å². The highest BCUT2D eigenvalue weighted by Gasteiger charge is 1.97. The predicted molar refractivity (Wildman–Crippen MR) is 31.3 cm³/mol. The van der Waals surface area contributed by atoms with Gasteiger partial charge in [0.1, 0.15) is 6.61 Å². The maximum absolute atomic E-state index is 10.3. The van der Waals surface area contributed by atoms with Gasteiger partial charge in [0.05, 0.1) is 0 Å². The Bertz CT molecular complexity index is 102. The van der Waals surface area contributed by atoms with Crippen molar-refractivity contribution in [1.82, 2.24) is 0 Å². The van der Waals surface area contributed by atoms with Gasteiger partial charge >= 0.3 is 5.97 Å². The number of ether oxygens (including phenoxy) is 1. The average molecular weight is 131 g/mol. The molecule has 0 radical (unpaired) electrons. The van der Waals surface area contributed by atoms with Crippen LogP contribution in [0, 0.1) is 0 Å². The van der Waals surface area contributed by atoms with E-state index in [0.717, 1.165) is 0 Å². The molecule has 0 unspecified atom stereocenters. The summed E-state index contributed by atoms with van der Waals surface area (Å²) >= 11 is 0. The topological polar surface area (TPSA) is 61.5 Å². The van der Waals surface area contributed by atoms with Crippen molar-refractivity contribution in [2.75, 3.05) is 13.2 Å². The minimum absolute atomic E-state index is 0.197. The normalized spacial score (nSPS) is 8.56. The van der Waals surface area contributed by atoms with Crippen LogP contribution in [0.25, 0.3) is 0 Å². The van der Waals surface area contributed by atoms with Crippen molar-refractivity contribution < 1.29 is 14.4 Å². The zero-order valence-corrected chi connectivity index (χ0v) is 5.00. The molecule has 0 rings (SSSR count). The van der Waals surface area contributed by atoms with E-state index in [1.165, 1.54) is 6.08 Å². The summed E-state index contributed by atoms with van der Waals surface area (Å²) in [7, 11) is 0. The number of carbonyl (C=O) groups is 1. The fourth-order valence-electron chi connectivity index (χ4n) is 0.262. The molecular formula is C5H9NO3. The monoisotopic (exact) mass is 131 g/mol. The molecule has 0 aliphatic rings. The SMILES string of the molecule is C=CCOC(=O)CON. The highest BCUT2D eigenvalue weighted by atomic mass is 16.6. The van der Waals surface area contributed by atoms with E-state index in [4.69, 9.17) is 0 Å². The molecule has 0 aromatic carbocycles. The Morgan fingerprint density at radius 2 is 2.44 bits per heavy atom. The van der Waals surface area contributed by atoms with Crippen molar-refractivity contribution in [3.8, 4) is 0 Å². The number of carbonyl (C=O) groups excluding carboxylic acids is 1. The minimum Gasteiger partial charge on any atom is -0.460 e. The number of esters is 1. The highest BCUT2D eigenvalue weighted by Crippen LogP contribution is 1.77. The molecule has 0 aliphatic carbocycles. The van der Waals surface area contributed by atoms with Crippen molar-refractivity contribution in [3.63, 3.8) is 0 Å². The van der Waals surface area contributed by atoms with E-state index >= 15 is 0 Å². The fraction of sp³-hybridized carbons (Fsp3) is 0.400. The molecule has 0 atom stereocenters. The third-order valence-electron chi connectivity index (χ3n) is 0.563. The lowest BCUT2D eigenvalue weighted by molar-refractivity contribution is -0.147. The lowest BCUT2D eigenvalue weighted by Crippen LogP contribution is -2.15. The molecule has 0 aromatic rings. The van der Waals surface area contributed by atoms with Crippen LogP contribution in [0.3, 0.4) is 0 Å². The third kappa shape index (κ3) is 4.99. The van der Waals surface area contributed by atoms with Gasteiger partial charge in [-0.1, -0.05) is 12.7 Å². The Balaban J connectivity index is 3.16. The summed E-state index contributed by atoms with van der Waals surface area (Å²) in [6.07, 6.45) is 1.47. The second-order valence-corrected chi connectivity index (χ2v) is 1.28. The number of nitrogens with two attached hydrogens (primary N) is 1. The van der Waals surface area contributed by atoms with Gasteiger partial charge in [-0.2, -0.15) is 0 Å². The molecule has 52 valence electrons. The molecular weight excluding hydrogens is 122 g/mol. The van der Waals surface area contributed by atoms with E-state index in [9.17, 15) is 4.79 Å². The van der Waals surface area contributed by atoms with Crippen molar-refractivity contribution in [1.29, 1.82) is 0 Å². The van der Waals surface area contributed by atoms with E-state index in [-0.39, 0.29) is 13.2 Å². The molecule has 0 heterocycles. The van der Waals surface area contributed by atoms with Crippen LogP contribution in [0.5, 0.6) is 0 Å². The van der Waals surface area contributed by atoms with Crippen LogP contribution in [0.4, 0.5) is 0 Å². The predicted octanol–water partition coefficient (Wildman–Crippen LogP) is -0.394. The first-order valence-electron chi connectivity index (χ1n) is 2.39. The summed E-state index contributed by atoms with van der Waals surface area (Å²) in [6, 6.07) is 0. The van der Waals surface area contributed by atoms with Crippen LogP contribution < -0.4 is 5.90 Å². The third-order valence-corrected chi connectivity index (χ3v) is 0.563. The van der Waals surface area contributed by atoms with Gasteiger partial charge in [0.2, 0.25) is 0 Å². The number of hydrogen-bond donors (Lipinski definition) is 1. The average Bonchev–Trinajstić information content (AvgIpc) is 1.85. The highest BCUT2D eigenvalue weighted by molar-refractivity contribution is 5.70. The Morgan fingerprint density at radius 1 is 1.78 bits per heavy atom. The Morgan fingerprint density at radius 3 is 2.89 bits per heavy atom. The standard InChI is InChI=1S/C5H9NO3/c1-2-3-8-5(7)4-9-6/h2H,1,3-4,6H2. The first-order chi connectivity index (χ1) is 4.31. The second-order valence-electron chi connectivity index (χ2n) is 1.28. The summed E-state index contributed by atoms with van der Waals surface area (Å²) in [4.78, 5) is 14.3. The van der Waals surface area contributed by atoms with Crippen LogP contribution in [-0.4, -0.2) is 19.2 Å². The molecule has 0 aliphatic heterocycles. The van der Waals surface area contributed by atoms with Gasteiger partial charge in [-0.15, -0.1) is 0 Å². The van der Waals surface area contributed by atoms with Crippen LogP contribution in [0.15, 0.2) is 12.7 Å². The van der Waals surface area contributed by atoms with Crippen molar-refractivity contribution in [3.05, 3.63) is 12.7 Å². The zero-order chi connectivity index (χ0) is 7.11. The smallest absolute Gasteiger partial charge is 0.334 e. The summed E-state index contributed by atoms with van der Waals surface area (Å²) in [5.74, 6) is 4.09. The van der Waals surface area contributed by atoms with E-state index < -0.39 is 5.97 Å². The van der Waals surface area contributed by atoms with E-state index in [0.29, 0.717) is 0 Å². The van der Waals surface area contributed by atoms with Crippen LogP contribution >= 0.6 is 0 Å². The zero-order valence-electron chi connectivity index (χ0n) is 5.00. The van der Waals surface area contributed by atoms with E-state index in [1.807, 2.05) is 0 Å². The molecule has 0 aromatic heterocycles. The van der Waals surface area contributed by atoms with E-state index in [1.54, 1.807) is 0 Å². The lowest BCUT2D eigenvalue weighted by atomic mass is 10.7. The Hall–Kier alpha value is -0.870. The van der Waals surface area contributed by atoms with Crippen LogP contribution in [0.2, 0.25) is 0 Å². The quantitative estimate of drug-likeness (QED) is 0.320. The summed E-state index contributed by atoms with van der Waals surface area (Å²) in [5.41, 5.74) is 0. The molecule has 0 amide bonds. The van der Waals surface area contributed by atoms with Crippen molar-refractivity contribution in [2.45, 2.75) is 0 Å². The molecule has 4 heteroatoms. The largest absolute Gasteiger partial charge is 0.460 e. The fourth-order valence-corrected chi connectivity index (χ4v) is 0.262. The van der Waals surface area contributed by atoms with Crippen LogP contribution in [0.1, 0.15) is 0 Å². The second kappa shape index (κ2) is 5.27. The van der Waals surface area contributed by atoms with Gasteiger partial charge in [-0.3, -0.25) is 4.84 Å². The molecule has 0 saturated heterocycles. The Kier molecular flexibility index (Phi) is 4.76. The maximum atomic E-state index is 10.3. The first-order valence-corrected chi connectivity index (χ1v) is 2.39. The van der Waals surface area contributed by atoms with Gasteiger partial charge < -0.3 is 4.74 Å². The summed E-state index contributed by atoms with van der Waals surface area (Å²) < 4.78 is 4.47. The Labute approximate surface area is 53.2 Å². The van der Waals surface area contributed by atoms with Crippen LogP contribution in [-0.2, 0) is 14.4 Å². The van der Waals surface area contributed by atoms with Crippen molar-refractivity contribution >= 4 is 5.97 Å². The maximum Gasteiger partial charge on any atom is 0.334 e. The summed E-state index contributed by atoms with van der Waals surface area (Å²) in [5, 5.41) is 0. The number of hydrogen-bond acceptors (Lipinski definition) is 4. The molecule has 0 spiro atoms. The molecule has 0 bridgehead atoms. The molecule has 4 nitrogen and oxygen atoms in total. The van der Waals surface area contributed by atoms with Crippen molar-refractivity contribution in [2.24, 2.45) is 5.90 Å². The first kappa shape index (κ1) is 8.13. The lowest BCUT2D eigenvalue weighted by Gasteiger charge is -1.97. The molecule has 2 N–H and O–H groups in total. The van der Waals surface area contributed by atoms with Gasteiger partial charge in [0.15, 0.2) is 6.61 Å². The van der Waals surface area contributed by atoms with Gasteiger partial charge in [0.25, 0.3) is 0 Å². The summed E-state index contributed by atoms with van der Waals surface area (Å²) in [6.45, 7) is 3.33. The van der Waals surface area contributed by atoms with Gasteiger partial charge in [0, 0.05) is 0 Å². The molecule has 0 fully saturated rings. The molecule has 0 saturated carbocycles. The van der Waals surface area contributed by atoms with E-state index in [2.05, 4.69) is 22.1 Å². The number of rotatable bonds is 4. The van der Waals surface area contributed by atoms with Gasteiger partial charge in [-0.05, 0) is 0 Å².